The van der Waals surface area contributed by atoms with Gasteiger partial charge < -0.3 is 4.52 Å². The third kappa shape index (κ3) is 2.50. The minimum absolute atomic E-state index is 0.329. The van der Waals surface area contributed by atoms with Gasteiger partial charge in [-0.25, -0.2) is 4.39 Å². The Morgan fingerprint density at radius 2 is 2.07 bits per heavy atom. The molecule has 78 valence electrons. The summed E-state index contributed by atoms with van der Waals surface area (Å²) in [5, 5.41) is 3.51. The topological polar surface area (TPSA) is 43.1 Å². The van der Waals surface area contributed by atoms with Gasteiger partial charge in [0, 0.05) is 10.5 Å². The first kappa shape index (κ1) is 10.0. The van der Waals surface area contributed by atoms with Crippen molar-refractivity contribution in [2.45, 2.75) is 10.6 Å². The smallest absolute Gasteiger partial charge is 0.127 e. The summed E-state index contributed by atoms with van der Waals surface area (Å²) in [5.74, 6) is -0.00416. The van der Waals surface area contributed by atoms with Gasteiger partial charge in [0.2, 0.25) is 0 Å². The summed E-state index contributed by atoms with van der Waals surface area (Å²) in [6, 6.07) is 5.61. The lowest BCUT2D eigenvalue weighted by molar-refractivity contribution is 0.419. The lowest BCUT2D eigenvalue weighted by atomic mass is 10.4. The predicted octanol–water partition coefficient (Wildman–Crippen LogP) is 2.12. The van der Waals surface area contributed by atoms with Gasteiger partial charge in [-0.2, -0.15) is 0 Å². The Bertz CT molecular complexity index is 453. The minimum atomic E-state index is -1.19. The molecule has 1 unspecified atom stereocenters. The van der Waals surface area contributed by atoms with Gasteiger partial charge in [0.25, 0.3) is 0 Å². The van der Waals surface area contributed by atoms with Crippen LogP contribution >= 0.6 is 0 Å². The Morgan fingerprint density at radius 1 is 1.33 bits per heavy atom. The van der Waals surface area contributed by atoms with Crippen LogP contribution in [0.4, 0.5) is 4.39 Å². The number of hydrogen-bond acceptors (Lipinski definition) is 3. The monoisotopic (exact) mass is 225 g/mol. The predicted molar refractivity (Wildman–Crippen MR) is 53.0 cm³/mol. The normalized spacial score (nSPS) is 12.6. The molecular weight excluding hydrogens is 217 g/mol. The van der Waals surface area contributed by atoms with Crippen molar-refractivity contribution in [3.8, 4) is 0 Å². The maximum atomic E-state index is 12.6. The van der Waals surface area contributed by atoms with E-state index in [0.29, 0.717) is 10.6 Å². The first-order chi connectivity index (χ1) is 7.25. The second kappa shape index (κ2) is 4.35. The highest BCUT2D eigenvalue weighted by Gasteiger charge is 2.06. The number of hydrogen-bond donors (Lipinski definition) is 0. The van der Waals surface area contributed by atoms with Crippen molar-refractivity contribution in [1.29, 1.82) is 0 Å². The summed E-state index contributed by atoms with van der Waals surface area (Å²) in [6.45, 7) is 0. The number of nitrogens with zero attached hydrogens (tertiary/aromatic N) is 1. The molecule has 1 aromatic carbocycles. The summed E-state index contributed by atoms with van der Waals surface area (Å²) < 4.78 is 29.0. The van der Waals surface area contributed by atoms with E-state index in [1.54, 1.807) is 0 Å². The van der Waals surface area contributed by atoms with E-state index < -0.39 is 10.8 Å². The van der Waals surface area contributed by atoms with E-state index in [1.165, 1.54) is 36.7 Å². The van der Waals surface area contributed by atoms with Crippen LogP contribution in [0, 0.1) is 5.82 Å². The van der Waals surface area contributed by atoms with Gasteiger partial charge in [0.1, 0.15) is 12.1 Å². The van der Waals surface area contributed by atoms with Crippen LogP contribution in [0.25, 0.3) is 0 Å². The zero-order valence-corrected chi connectivity index (χ0v) is 8.54. The van der Waals surface area contributed by atoms with Crippen LogP contribution in [0.15, 0.2) is 46.1 Å². The lowest BCUT2D eigenvalue weighted by Crippen LogP contribution is -1.95. The molecule has 0 aliphatic heterocycles. The average Bonchev–Trinajstić information content (AvgIpc) is 2.71. The molecule has 0 saturated heterocycles. The van der Waals surface area contributed by atoms with Crippen molar-refractivity contribution < 1.29 is 13.1 Å². The van der Waals surface area contributed by atoms with Crippen LogP contribution in [-0.4, -0.2) is 9.37 Å². The van der Waals surface area contributed by atoms with Gasteiger partial charge in [0.15, 0.2) is 0 Å². The van der Waals surface area contributed by atoms with Gasteiger partial charge in [-0.15, -0.1) is 0 Å². The quantitative estimate of drug-likeness (QED) is 0.803. The average molecular weight is 225 g/mol. The van der Waals surface area contributed by atoms with E-state index in [-0.39, 0.29) is 5.82 Å². The number of aromatic nitrogens is 1. The number of halogens is 1. The van der Waals surface area contributed by atoms with Crippen LogP contribution in [-0.2, 0) is 16.6 Å². The second-order valence-electron chi connectivity index (χ2n) is 2.98. The highest BCUT2D eigenvalue weighted by atomic mass is 32.2. The minimum Gasteiger partial charge on any atom is -0.364 e. The Kier molecular flexibility index (Phi) is 2.91. The van der Waals surface area contributed by atoms with Crippen LogP contribution in [0.1, 0.15) is 5.56 Å². The molecule has 0 saturated carbocycles. The van der Waals surface area contributed by atoms with E-state index in [1.807, 2.05) is 0 Å². The van der Waals surface area contributed by atoms with E-state index in [9.17, 15) is 8.60 Å². The number of benzene rings is 1. The van der Waals surface area contributed by atoms with Crippen LogP contribution in [0.3, 0.4) is 0 Å². The molecule has 2 aromatic rings. The zero-order valence-electron chi connectivity index (χ0n) is 7.72. The molecule has 2 rings (SSSR count). The van der Waals surface area contributed by atoms with E-state index >= 15 is 0 Å². The molecule has 0 N–H and O–H groups in total. The Labute approximate surface area is 88.4 Å². The van der Waals surface area contributed by atoms with Crippen molar-refractivity contribution in [3.05, 3.63) is 48.1 Å². The van der Waals surface area contributed by atoms with E-state index in [2.05, 4.69) is 9.68 Å². The molecule has 0 spiro atoms. The van der Waals surface area contributed by atoms with Crippen molar-refractivity contribution in [1.82, 2.24) is 5.16 Å². The molecule has 1 aromatic heterocycles. The van der Waals surface area contributed by atoms with Crippen LogP contribution < -0.4 is 0 Å². The van der Waals surface area contributed by atoms with Gasteiger partial charge in [-0.1, -0.05) is 5.16 Å². The van der Waals surface area contributed by atoms with Crippen molar-refractivity contribution >= 4 is 10.8 Å². The molecule has 0 amide bonds. The van der Waals surface area contributed by atoms with Crippen LogP contribution in [0.2, 0.25) is 0 Å². The summed E-state index contributed by atoms with van der Waals surface area (Å²) in [7, 11) is -1.19. The largest absolute Gasteiger partial charge is 0.364 e. The Balaban J connectivity index is 2.11. The zero-order chi connectivity index (χ0) is 10.7. The van der Waals surface area contributed by atoms with E-state index in [0.717, 1.165) is 5.56 Å². The fraction of sp³-hybridized carbons (Fsp3) is 0.100. The highest BCUT2D eigenvalue weighted by molar-refractivity contribution is 7.84. The van der Waals surface area contributed by atoms with Crippen molar-refractivity contribution in [2.75, 3.05) is 0 Å². The molecule has 0 aliphatic carbocycles. The molecule has 15 heavy (non-hydrogen) atoms. The molecule has 5 heteroatoms. The molecule has 0 fully saturated rings. The first-order valence-electron chi connectivity index (χ1n) is 4.28. The molecular formula is C10H8FNO2S. The van der Waals surface area contributed by atoms with E-state index in [4.69, 9.17) is 0 Å². The maximum absolute atomic E-state index is 12.6. The maximum Gasteiger partial charge on any atom is 0.127 e. The first-order valence-corrected chi connectivity index (χ1v) is 5.60. The SMILES string of the molecule is O=S(Cc1cnoc1)c1ccc(F)cc1. The highest BCUT2D eigenvalue weighted by Crippen LogP contribution is 2.12. The summed E-state index contributed by atoms with van der Waals surface area (Å²) in [6.07, 6.45) is 2.96. The van der Waals surface area contributed by atoms with Gasteiger partial charge in [-0.05, 0) is 24.3 Å². The van der Waals surface area contributed by atoms with Gasteiger partial charge in [-0.3, -0.25) is 4.21 Å². The fourth-order valence-electron chi connectivity index (χ4n) is 1.12. The molecule has 3 nitrogen and oxygen atoms in total. The standard InChI is InChI=1S/C10H8FNO2S/c11-9-1-3-10(4-2-9)15(13)7-8-5-12-14-6-8/h1-6H,7H2. The third-order valence-electron chi connectivity index (χ3n) is 1.86. The molecule has 0 aliphatic rings. The molecule has 1 heterocycles. The lowest BCUT2D eigenvalue weighted by Gasteiger charge is -1.99. The fourth-order valence-corrected chi connectivity index (χ4v) is 2.17. The second-order valence-corrected chi connectivity index (χ2v) is 4.43. The summed E-state index contributed by atoms with van der Waals surface area (Å²) >= 11 is 0. The summed E-state index contributed by atoms with van der Waals surface area (Å²) in [5.41, 5.74) is 0.762. The van der Waals surface area contributed by atoms with Crippen molar-refractivity contribution in [3.63, 3.8) is 0 Å². The molecule has 0 bridgehead atoms. The Hall–Kier alpha value is -1.49. The molecule has 0 radical (unpaired) electrons. The molecule has 1 atom stereocenters. The number of rotatable bonds is 3. The van der Waals surface area contributed by atoms with Gasteiger partial charge >= 0.3 is 0 Å². The Morgan fingerprint density at radius 3 is 2.67 bits per heavy atom. The van der Waals surface area contributed by atoms with Crippen molar-refractivity contribution in [2.24, 2.45) is 0 Å². The van der Waals surface area contributed by atoms with Crippen LogP contribution in [0.5, 0.6) is 0 Å². The third-order valence-corrected chi connectivity index (χ3v) is 3.25. The van der Waals surface area contributed by atoms with Gasteiger partial charge in [0.05, 0.1) is 22.7 Å². The summed E-state index contributed by atoms with van der Waals surface area (Å²) in [4.78, 5) is 0.595.